The molecule has 50 heavy (non-hydrogen) atoms. The lowest BCUT2D eigenvalue weighted by atomic mass is 9.98. The van der Waals surface area contributed by atoms with Crippen LogP contribution in [0.1, 0.15) is 79.8 Å². The highest BCUT2D eigenvalue weighted by atomic mass is 16.7. The Morgan fingerprint density at radius 3 is 2.24 bits per heavy atom. The minimum Gasteiger partial charge on any atom is -0.397 e. The lowest BCUT2D eigenvalue weighted by molar-refractivity contribution is -0.253. The van der Waals surface area contributed by atoms with E-state index < -0.39 is 12.4 Å². The molecular formula is C40H48N4O6. The van der Waals surface area contributed by atoms with Crippen LogP contribution in [0.15, 0.2) is 103 Å². The van der Waals surface area contributed by atoms with Crippen molar-refractivity contribution in [2.24, 2.45) is 0 Å². The molecule has 5 atom stereocenters. The fourth-order valence-corrected chi connectivity index (χ4v) is 6.07. The Hall–Kier alpha value is -4.58. The van der Waals surface area contributed by atoms with Crippen molar-refractivity contribution in [3.05, 3.63) is 125 Å². The van der Waals surface area contributed by atoms with Crippen molar-refractivity contribution in [1.82, 2.24) is 4.90 Å². The number of nitrogen functional groups attached to an aromatic ring is 1. The Bertz CT molecular complexity index is 1690. The van der Waals surface area contributed by atoms with Gasteiger partial charge in [0.05, 0.1) is 36.3 Å². The molecule has 0 unspecified atom stereocenters. The number of nitrogens with one attached hydrogen (secondary N) is 2. The molecule has 0 bridgehead atoms. The number of anilines is 3. The molecule has 10 heteroatoms. The molecule has 264 valence electrons. The van der Waals surface area contributed by atoms with Gasteiger partial charge in [0.2, 0.25) is 11.8 Å². The normalized spacial score (nSPS) is 18.7. The number of carbonyl (C=O) groups is 2. The predicted molar refractivity (Wildman–Crippen MR) is 195 cm³/mol. The van der Waals surface area contributed by atoms with Gasteiger partial charge < -0.3 is 36.1 Å². The topological polar surface area (TPSA) is 146 Å². The molecule has 4 aromatic rings. The van der Waals surface area contributed by atoms with Gasteiger partial charge >= 0.3 is 0 Å². The zero-order valence-electron chi connectivity index (χ0n) is 28.7. The monoisotopic (exact) mass is 680 g/mol. The van der Waals surface area contributed by atoms with Crippen LogP contribution in [-0.2, 0) is 25.7 Å². The van der Waals surface area contributed by atoms with E-state index in [1.54, 1.807) is 12.1 Å². The number of nitrogens with two attached hydrogens (primary N) is 1. The molecule has 1 heterocycles. The van der Waals surface area contributed by atoms with Crippen LogP contribution >= 0.6 is 0 Å². The SMILES string of the molecule is C[C@H]([C@@H](O)c1ccccc1)N(C)C[C@H]1C[C@@H](c2ccc(CO)cc2)O[C@@H](c2cccc(NC(=O)CCCCC(=O)Nc3ccccc3N)c2)O1. The number of para-hydroxylation sites is 2. The average Bonchev–Trinajstić information content (AvgIpc) is 3.14. The van der Waals surface area contributed by atoms with Crippen LogP contribution in [0, 0.1) is 0 Å². The molecule has 5 rings (SSSR count). The van der Waals surface area contributed by atoms with Crippen molar-refractivity contribution < 1.29 is 29.3 Å². The number of ether oxygens (including phenoxy) is 2. The first-order valence-corrected chi connectivity index (χ1v) is 17.2. The molecule has 1 fully saturated rings. The van der Waals surface area contributed by atoms with Crippen molar-refractivity contribution in [2.45, 2.75) is 76.3 Å². The van der Waals surface area contributed by atoms with Crippen molar-refractivity contribution >= 4 is 28.9 Å². The van der Waals surface area contributed by atoms with E-state index in [2.05, 4.69) is 15.5 Å². The summed E-state index contributed by atoms with van der Waals surface area (Å²) in [6.45, 7) is 2.52. The maximum Gasteiger partial charge on any atom is 0.224 e. The molecule has 0 spiro atoms. The highest BCUT2D eigenvalue weighted by Gasteiger charge is 2.34. The number of likely N-dealkylation sites (N-methyl/N-ethyl adjacent to an activating group) is 1. The summed E-state index contributed by atoms with van der Waals surface area (Å²) >= 11 is 0. The highest BCUT2D eigenvalue weighted by Crippen LogP contribution is 2.39. The second-order valence-corrected chi connectivity index (χ2v) is 12.9. The van der Waals surface area contributed by atoms with E-state index in [-0.39, 0.29) is 49.5 Å². The highest BCUT2D eigenvalue weighted by molar-refractivity contribution is 5.94. The maximum atomic E-state index is 12.8. The van der Waals surface area contributed by atoms with E-state index in [4.69, 9.17) is 15.2 Å². The fraction of sp³-hybridized carbons (Fsp3) is 0.350. The first kappa shape index (κ1) is 36.7. The number of benzene rings is 4. The zero-order chi connectivity index (χ0) is 35.5. The molecular weight excluding hydrogens is 632 g/mol. The minimum atomic E-state index is -0.701. The van der Waals surface area contributed by atoms with Crippen LogP contribution in [0.4, 0.5) is 17.1 Å². The number of hydrogen-bond donors (Lipinski definition) is 5. The number of nitrogens with zero attached hydrogens (tertiary/aromatic N) is 1. The lowest BCUT2D eigenvalue weighted by Gasteiger charge is -2.39. The molecule has 6 N–H and O–H groups in total. The van der Waals surface area contributed by atoms with Crippen molar-refractivity contribution in [3.63, 3.8) is 0 Å². The molecule has 0 saturated carbocycles. The molecule has 2 amide bonds. The van der Waals surface area contributed by atoms with E-state index in [0.29, 0.717) is 42.9 Å². The molecule has 10 nitrogen and oxygen atoms in total. The largest absolute Gasteiger partial charge is 0.397 e. The molecule has 4 aromatic carbocycles. The Morgan fingerprint density at radius 1 is 0.860 bits per heavy atom. The fourth-order valence-electron chi connectivity index (χ4n) is 6.07. The Morgan fingerprint density at radius 2 is 1.54 bits per heavy atom. The third-order valence-electron chi connectivity index (χ3n) is 9.13. The molecule has 1 aliphatic rings. The summed E-state index contributed by atoms with van der Waals surface area (Å²) in [7, 11) is 1.98. The average molecular weight is 681 g/mol. The van der Waals surface area contributed by atoms with Crippen LogP contribution in [0.3, 0.4) is 0 Å². The van der Waals surface area contributed by atoms with Gasteiger partial charge in [-0.2, -0.15) is 0 Å². The molecule has 1 aliphatic heterocycles. The number of amides is 2. The first-order chi connectivity index (χ1) is 24.2. The van der Waals surface area contributed by atoms with Gasteiger partial charge in [-0.1, -0.05) is 78.9 Å². The van der Waals surface area contributed by atoms with E-state index in [9.17, 15) is 19.8 Å². The van der Waals surface area contributed by atoms with Crippen LogP contribution in [0.2, 0.25) is 0 Å². The van der Waals surface area contributed by atoms with Crippen molar-refractivity contribution in [2.75, 3.05) is 30.0 Å². The van der Waals surface area contributed by atoms with Gasteiger partial charge in [-0.15, -0.1) is 0 Å². The Kier molecular flexibility index (Phi) is 13.1. The summed E-state index contributed by atoms with van der Waals surface area (Å²) in [5.41, 5.74) is 11.0. The van der Waals surface area contributed by atoms with E-state index in [0.717, 1.165) is 22.3 Å². The minimum absolute atomic E-state index is 0.0375. The number of carbonyl (C=O) groups excluding carboxylic acids is 2. The predicted octanol–water partition coefficient (Wildman–Crippen LogP) is 6.50. The van der Waals surface area contributed by atoms with Gasteiger partial charge in [0.15, 0.2) is 6.29 Å². The third kappa shape index (κ3) is 10.2. The molecule has 0 aliphatic carbocycles. The maximum absolute atomic E-state index is 12.8. The smallest absolute Gasteiger partial charge is 0.224 e. The summed E-state index contributed by atoms with van der Waals surface area (Å²) in [6.07, 6.45) is 0.420. The lowest BCUT2D eigenvalue weighted by Crippen LogP contribution is -2.43. The molecule has 1 saturated heterocycles. The summed E-state index contributed by atoms with van der Waals surface area (Å²) in [4.78, 5) is 27.3. The second kappa shape index (κ2) is 17.9. The number of rotatable bonds is 15. The van der Waals surface area contributed by atoms with Crippen LogP contribution < -0.4 is 16.4 Å². The van der Waals surface area contributed by atoms with Crippen LogP contribution in [0.25, 0.3) is 0 Å². The van der Waals surface area contributed by atoms with Gasteiger partial charge in [0.25, 0.3) is 0 Å². The number of aliphatic hydroxyl groups excluding tert-OH is 2. The van der Waals surface area contributed by atoms with Crippen LogP contribution in [-0.4, -0.2) is 52.7 Å². The van der Waals surface area contributed by atoms with Gasteiger partial charge in [0.1, 0.15) is 0 Å². The van der Waals surface area contributed by atoms with Crippen molar-refractivity contribution in [3.8, 4) is 0 Å². The van der Waals surface area contributed by atoms with E-state index >= 15 is 0 Å². The van der Waals surface area contributed by atoms with Gasteiger partial charge in [-0.3, -0.25) is 14.5 Å². The van der Waals surface area contributed by atoms with Crippen molar-refractivity contribution in [1.29, 1.82) is 0 Å². The van der Waals surface area contributed by atoms with E-state index in [1.807, 2.05) is 105 Å². The summed E-state index contributed by atoms with van der Waals surface area (Å²) in [5, 5.41) is 26.4. The summed E-state index contributed by atoms with van der Waals surface area (Å²) in [5.74, 6) is -0.287. The quantitative estimate of drug-likeness (QED) is 0.0707. The number of hydrogen-bond acceptors (Lipinski definition) is 8. The second-order valence-electron chi connectivity index (χ2n) is 12.9. The molecule has 0 aromatic heterocycles. The number of aliphatic hydroxyl groups is 2. The van der Waals surface area contributed by atoms with Gasteiger partial charge in [-0.25, -0.2) is 0 Å². The van der Waals surface area contributed by atoms with Gasteiger partial charge in [-0.05, 0) is 67.8 Å². The standard InChI is InChI=1S/C40H48N4O6/c1-27(39(48)30-11-4-3-5-12-30)44(2)25-33-24-36(29-21-19-28(26-45)20-22-29)50-40(49-33)31-13-10-14-32(23-31)42-37(46)17-8-9-18-38(47)43-35-16-7-6-15-34(35)41/h3-7,10-16,19-23,27,33,36,39-40,45,48H,8-9,17-18,24-26,41H2,1-2H3,(H,42,46)(H,43,47)/t27-,33-,36+,39-,40+/m1/s1. The van der Waals surface area contributed by atoms with Crippen LogP contribution in [0.5, 0.6) is 0 Å². The summed E-state index contributed by atoms with van der Waals surface area (Å²) in [6, 6.07) is 31.8. The Labute approximate surface area is 294 Å². The summed E-state index contributed by atoms with van der Waals surface area (Å²) < 4.78 is 13.1. The van der Waals surface area contributed by atoms with Gasteiger partial charge in [0, 0.05) is 43.1 Å². The number of unbranched alkanes of at least 4 members (excludes halogenated alkanes) is 1. The zero-order valence-corrected chi connectivity index (χ0v) is 28.7. The Balaban J connectivity index is 1.20. The molecule has 0 radical (unpaired) electrons. The first-order valence-electron chi connectivity index (χ1n) is 17.2. The van der Waals surface area contributed by atoms with E-state index in [1.165, 1.54) is 0 Å². The third-order valence-corrected chi connectivity index (χ3v) is 9.13.